The minimum atomic E-state index is -1.22. The van der Waals surface area contributed by atoms with E-state index in [9.17, 15) is 19.2 Å². The second-order valence-corrected chi connectivity index (χ2v) is 6.01. The summed E-state index contributed by atoms with van der Waals surface area (Å²) < 4.78 is 0. The Labute approximate surface area is 162 Å². The van der Waals surface area contributed by atoms with Crippen molar-refractivity contribution in [1.82, 2.24) is 16.0 Å². The van der Waals surface area contributed by atoms with Crippen molar-refractivity contribution < 1.29 is 24.3 Å². The zero-order chi connectivity index (χ0) is 21.0. The number of nitrogens with two attached hydrogens (primary N) is 3. The molecular formula is C14H27N7O5S. The predicted octanol–water partition coefficient (Wildman–Crippen LogP) is -3.51. The molecule has 3 unspecified atom stereocenters. The molecule has 0 spiro atoms. The van der Waals surface area contributed by atoms with Crippen molar-refractivity contribution in [2.24, 2.45) is 22.2 Å². The predicted molar refractivity (Wildman–Crippen MR) is 102 cm³/mol. The van der Waals surface area contributed by atoms with Gasteiger partial charge in [-0.1, -0.05) is 0 Å². The summed E-state index contributed by atoms with van der Waals surface area (Å²) in [7, 11) is 0. The van der Waals surface area contributed by atoms with Gasteiger partial charge in [0.2, 0.25) is 17.7 Å². The van der Waals surface area contributed by atoms with Crippen LogP contribution in [0, 0.1) is 0 Å². The molecule has 0 rings (SSSR count). The lowest BCUT2D eigenvalue weighted by Crippen LogP contribution is -2.55. The molecule has 154 valence electrons. The molecule has 0 heterocycles. The maximum atomic E-state index is 12.4. The van der Waals surface area contributed by atoms with Gasteiger partial charge >= 0.3 is 5.97 Å². The summed E-state index contributed by atoms with van der Waals surface area (Å²) in [5.41, 5.74) is 16.0. The number of aliphatic carboxylic acids is 1. The molecule has 3 amide bonds. The van der Waals surface area contributed by atoms with Gasteiger partial charge in [0.25, 0.3) is 0 Å². The highest BCUT2D eigenvalue weighted by atomic mass is 32.1. The number of rotatable bonds is 12. The zero-order valence-corrected chi connectivity index (χ0v) is 15.9. The standard InChI is InChI=1S/C14H27N7O5S/c1-7(11(24)19-5-10(22)23)20-13(26)9(3-2-4-18-14(16)17)21-12(25)8(15)6-27/h7-9,27H,2-6,15H2,1H3,(H,19,24)(H,20,26)(H,21,25)(H,22,23)(H4,16,17,18). The quantitative estimate of drug-likeness (QED) is 0.0703. The van der Waals surface area contributed by atoms with Crippen LogP contribution in [0.4, 0.5) is 0 Å². The highest BCUT2D eigenvalue weighted by molar-refractivity contribution is 7.80. The van der Waals surface area contributed by atoms with Crippen LogP contribution in [0.3, 0.4) is 0 Å². The lowest BCUT2D eigenvalue weighted by molar-refractivity contribution is -0.138. The van der Waals surface area contributed by atoms with Crippen molar-refractivity contribution in [2.75, 3.05) is 18.8 Å². The van der Waals surface area contributed by atoms with Crippen LogP contribution >= 0.6 is 12.6 Å². The summed E-state index contributed by atoms with van der Waals surface area (Å²) in [6.45, 7) is 1.05. The maximum absolute atomic E-state index is 12.4. The molecule has 0 aliphatic rings. The van der Waals surface area contributed by atoms with Gasteiger partial charge in [-0.3, -0.25) is 24.2 Å². The Hall–Kier alpha value is -2.54. The molecular weight excluding hydrogens is 378 g/mol. The third kappa shape index (κ3) is 10.9. The average molecular weight is 405 g/mol. The van der Waals surface area contributed by atoms with Crippen LogP contribution in [0.1, 0.15) is 19.8 Å². The Bertz CT molecular complexity index is 568. The van der Waals surface area contributed by atoms with Gasteiger partial charge in [-0.15, -0.1) is 0 Å². The molecule has 3 atom stereocenters. The fourth-order valence-corrected chi connectivity index (χ4v) is 2.00. The first-order valence-electron chi connectivity index (χ1n) is 8.10. The van der Waals surface area contributed by atoms with Gasteiger partial charge in [0.1, 0.15) is 18.6 Å². The Morgan fingerprint density at radius 2 is 1.74 bits per heavy atom. The number of nitrogens with zero attached hydrogens (tertiary/aromatic N) is 1. The first kappa shape index (κ1) is 24.5. The van der Waals surface area contributed by atoms with E-state index in [2.05, 4.69) is 33.6 Å². The van der Waals surface area contributed by atoms with Crippen molar-refractivity contribution in [3.05, 3.63) is 0 Å². The molecule has 13 heteroatoms. The van der Waals surface area contributed by atoms with E-state index in [1.807, 2.05) is 0 Å². The minimum absolute atomic E-state index is 0.0855. The summed E-state index contributed by atoms with van der Waals surface area (Å²) in [5.74, 6) is -3.11. The summed E-state index contributed by atoms with van der Waals surface area (Å²) in [6.07, 6.45) is 0.573. The molecule has 12 nitrogen and oxygen atoms in total. The summed E-state index contributed by atoms with van der Waals surface area (Å²) in [5, 5.41) is 15.6. The van der Waals surface area contributed by atoms with Crippen LogP contribution in [0.5, 0.6) is 0 Å². The Morgan fingerprint density at radius 1 is 1.11 bits per heavy atom. The number of thiol groups is 1. The molecule has 0 radical (unpaired) electrons. The highest BCUT2D eigenvalue weighted by Crippen LogP contribution is 2.01. The third-order valence-corrected chi connectivity index (χ3v) is 3.67. The number of carboxylic acid groups (broad SMARTS) is 1. The van der Waals surface area contributed by atoms with Crippen molar-refractivity contribution in [1.29, 1.82) is 0 Å². The van der Waals surface area contributed by atoms with Crippen molar-refractivity contribution in [2.45, 2.75) is 37.9 Å². The first-order chi connectivity index (χ1) is 12.6. The molecule has 0 aliphatic heterocycles. The molecule has 0 fully saturated rings. The summed E-state index contributed by atoms with van der Waals surface area (Å²) in [6, 6.07) is -2.89. The van der Waals surface area contributed by atoms with E-state index >= 15 is 0 Å². The molecule has 0 saturated carbocycles. The smallest absolute Gasteiger partial charge is 0.322 e. The SMILES string of the molecule is CC(NC(=O)C(CCCN=C(N)N)NC(=O)C(N)CS)C(=O)NCC(=O)O. The fourth-order valence-electron chi connectivity index (χ4n) is 1.83. The normalized spacial score (nSPS) is 13.6. The molecule has 0 aromatic heterocycles. The van der Waals surface area contributed by atoms with Gasteiger partial charge in [0, 0.05) is 12.3 Å². The molecule has 27 heavy (non-hydrogen) atoms. The number of carbonyl (C=O) groups is 4. The number of amides is 3. The van der Waals surface area contributed by atoms with Crippen LogP contribution in [0.2, 0.25) is 0 Å². The van der Waals surface area contributed by atoms with Gasteiger partial charge in [0.15, 0.2) is 5.96 Å². The lowest BCUT2D eigenvalue weighted by Gasteiger charge is -2.22. The number of carboxylic acids is 1. The van der Waals surface area contributed by atoms with E-state index in [4.69, 9.17) is 22.3 Å². The second kappa shape index (κ2) is 12.8. The highest BCUT2D eigenvalue weighted by Gasteiger charge is 2.25. The molecule has 0 bridgehead atoms. The average Bonchev–Trinajstić information content (AvgIpc) is 2.60. The van der Waals surface area contributed by atoms with E-state index in [-0.39, 0.29) is 24.7 Å². The van der Waals surface area contributed by atoms with Crippen LogP contribution < -0.4 is 33.2 Å². The molecule has 0 saturated heterocycles. The van der Waals surface area contributed by atoms with Crippen molar-refractivity contribution >= 4 is 42.3 Å². The molecule has 10 N–H and O–H groups in total. The Kier molecular flexibility index (Phi) is 11.6. The topological polar surface area (TPSA) is 215 Å². The molecule has 0 aromatic rings. The van der Waals surface area contributed by atoms with E-state index in [0.717, 1.165) is 0 Å². The third-order valence-electron chi connectivity index (χ3n) is 3.28. The minimum Gasteiger partial charge on any atom is -0.480 e. The van der Waals surface area contributed by atoms with E-state index in [0.29, 0.717) is 6.42 Å². The van der Waals surface area contributed by atoms with E-state index in [1.165, 1.54) is 6.92 Å². The fraction of sp³-hybridized carbons (Fsp3) is 0.643. The summed E-state index contributed by atoms with van der Waals surface area (Å²) in [4.78, 5) is 50.4. The van der Waals surface area contributed by atoms with Gasteiger partial charge < -0.3 is 38.3 Å². The number of nitrogens with one attached hydrogen (secondary N) is 3. The van der Waals surface area contributed by atoms with Gasteiger partial charge in [-0.25, -0.2) is 0 Å². The van der Waals surface area contributed by atoms with Crippen LogP contribution in [-0.4, -0.2) is 71.7 Å². The van der Waals surface area contributed by atoms with Crippen LogP contribution in [0.15, 0.2) is 4.99 Å². The Balaban J connectivity index is 4.87. The molecule has 0 aliphatic carbocycles. The number of guanidine groups is 1. The van der Waals surface area contributed by atoms with Crippen LogP contribution in [0.25, 0.3) is 0 Å². The number of hydrogen-bond donors (Lipinski definition) is 8. The van der Waals surface area contributed by atoms with Gasteiger partial charge in [0.05, 0.1) is 6.04 Å². The maximum Gasteiger partial charge on any atom is 0.322 e. The summed E-state index contributed by atoms with van der Waals surface area (Å²) >= 11 is 3.93. The Morgan fingerprint density at radius 3 is 2.26 bits per heavy atom. The van der Waals surface area contributed by atoms with Crippen molar-refractivity contribution in [3.8, 4) is 0 Å². The van der Waals surface area contributed by atoms with Crippen molar-refractivity contribution in [3.63, 3.8) is 0 Å². The monoisotopic (exact) mass is 405 g/mol. The van der Waals surface area contributed by atoms with Gasteiger partial charge in [-0.2, -0.15) is 12.6 Å². The number of carbonyl (C=O) groups excluding carboxylic acids is 3. The van der Waals surface area contributed by atoms with Crippen LogP contribution in [-0.2, 0) is 19.2 Å². The lowest BCUT2D eigenvalue weighted by atomic mass is 10.1. The number of hydrogen-bond acceptors (Lipinski definition) is 7. The largest absolute Gasteiger partial charge is 0.480 e. The second-order valence-electron chi connectivity index (χ2n) is 5.64. The molecule has 0 aromatic carbocycles. The van der Waals surface area contributed by atoms with E-state index in [1.54, 1.807) is 0 Å². The van der Waals surface area contributed by atoms with Gasteiger partial charge in [-0.05, 0) is 19.8 Å². The number of aliphatic imine (C=N–C) groups is 1. The van der Waals surface area contributed by atoms with E-state index < -0.39 is 48.4 Å². The zero-order valence-electron chi connectivity index (χ0n) is 15.0. The first-order valence-corrected chi connectivity index (χ1v) is 8.73.